The molecule has 2 fully saturated rings. The first kappa shape index (κ1) is 25.3. The molecule has 3 heterocycles. The van der Waals surface area contributed by atoms with E-state index in [0.717, 1.165) is 54.1 Å². The maximum atomic E-state index is 11.1. The number of benzene rings is 1. The Morgan fingerprint density at radius 2 is 1.15 bits per heavy atom. The number of aromatic hydroxyl groups is 1. The molecule has 2 saturated heterocycles. The molecule has 186 valence electrons. The summed E-state index contributed by atoms with van der Waals surface area (Å²) in [6, 6.07) is 4.17. The predicted octanol–water partition coefficient (Wildman–Crippen LogP) is 1.42. The molecule has 3 N–H and O–H groups in total. The third kappa shape index (κ3) is 5.88. The Morgan fingerprint density at radius 1 is 0.735 bits per heavy atom. The molecule has 1 aromatic carbocycles. The van der Waals surface area contributed by atoms with E-state index in [-0.39, 0.29) is 10.8 Å². The number of nitrogens with zero attached hydrogens (tertiary/aromatic N) is 3. The van der Waals surface area contributed by atoms with E-state index >= 15 is 0 Å². The summed E-state index contributed by atoms with van der Waals surface area (Å²) in [4.78, 5) is 18.2. The van der Waals surface area contributed by atoms with Crippen LogP contribution < -0.4 is 9.80 Å². The minimum absolute atomic E-state index is 0.189. The van der Waals surface area contributed by atoms with Gasteiger partial charge in [0.05, 0.1) is 26.4 Å². The van der Waals surface area contributed by atoms with Crippen molar-refractivity contribution in [2.24, 2.45) is 0 Å². The van der Waals surface area contributed by atoms with Crippen LogP contribution in [0, 0.1) is 0 Å². The Bertz CT molecular complexity index is 935. The van der Waals surface area contributed by atoms with Gasteiger partial charge in [-0.15, -0.1) is 4.98 Å². The third-order valence-electron chi connectivity index (χ3n) is 6.35. The largest absolute Gasteiger partial charge is 0.507 e. The van der Waals surface area contributed by atoms with Gasteiger partial charge >= 0.3 is 11.9 Å². The Morgan fingerprint density at radius 3 is 1.53 bits per heavy atom. The second-order valence-corrected chi connectivity index (χ2v) is 12.2. The van der Waals surface area contributed by atoms with E-state index in [4.69, 9.17) is 24.4 Å². The van der Waals surface area contributed by atoms with Crippen LogP contribution in [0.2, 0.25) is 0 Å². The molecule has 34 heavy (non-hydrogen) atoms. The molecule has 0 bridgehead atoms. The predicted molar refractivity (Wildman–Crippen MR) is 132 cm³/mol. The lowest BCUT2D eigenvalue weighted by atomic mass is 9.79. The second-order valence-electron chi connectivity index (χ2n) is 11.2. The molecule has 0 amide bonds. The summed E-state index contributed by atoms with van der Waals surface area (Å²) in [5.74, 6) is 1.97. The molecule has 0 aliphatic carbocycles. The number of aromatic nitrogens is 3. The number of rotatable bonds is 4. The fraction of sp³-hybridized carbons (Fsp3) is 0.640. The summed E-state index contributed by atoms with van der Waals surface area (Å²) in [6.45, 7) is 19.1. The normalized spacial score (nSPS) is 18.9. The van der Waals surface area contributed by atoms with Crippen molar-refractivity contribution < 1.29 is 24.4 Å². The summed E-state index contributed by atoms with van der Waals surface area (Å²) in [6.07, 6.45) is 0. The van der Waals surface area contributed by atoms with Crippen LogP contribution in [0.15, 0.2) is 22.2 Å². The van der Waals surface area contributed by atoms with Crippen LogP contribution in [0.5, 0.6) is 5.75 Å². The Hall–Kier alpha value is -1.78. The highest BCUT2D eigenvalue weighted by Crippen LogP contribution is 2.42. The van der Waals surface area contributed by atoms with Crippen LogP contribution >= 0.6 is 11.8 Å². The quantitative estimate of drug-likeness (QED) is 0.599. The van der Waals surface area contributed by atoms with Gasteiger partial charge in [0.1, 0.15) is 31.9 Å². The van der Waals surface area contributed by atoms with Crippen molar-refractivity contribution >= 4 is 23.7 Å². The van der Waals surface area contributed by atoms with Crippen LogP contribution in [-0.4, -0.2) is 72.7 Å². The van der Waals surface area contributed by atoms with Crippen LogP contribution in [0.25, 0.3) is 0 Å². The van der Waals surface area contributed by atoms with Gasteiger partial charge in [-0.05, 0) is 34.7 Å². The standard InChI is InChI=1S/C25H37N5O3S/c1-24(2,3)18-15-17(16-19(20(18)31)25(4,5)6)34-23-27-21(29-7-11-32-12-8-29)26-22(28-23)30-9-13-33-14-10-30/h15-16,31H,7-14H2,1-6H3/p+2. The van der Waals surface area contributed by atoms with Crippen molar-refractivity contribution in [2.45, 2.75) is 62.4 Å². The van der Waals surface area contributed by atoms with Gasteiger partial charge in [0.15, 0.2) is 0 Å². The molecule has 0 saturated carbocycles. The van der Waals surface area contributed by atoms with Crippen LogP contribution in [0.3, 0.4) is 0 Å². The maximum absolute atomic E-state index is 11.1. The summed E-state index contributed by atoms with van der Waals surface area (Å²) in [5.41, 5.74) is 1.50. The fourth-order valence-corrected chi connectivity index (χ4v) is 5.15. The molecular formula is C25H39N5O3S+2. The van der Waals surface area contributed by atoms with Gasteiger partial charge in [-0.3, -0.25) is 9.80 Å². The lowest BCUT2D eigenvalue weighted by molar-refractivity contribution is -0.856. The lowest BCUT2D eigenvalue weighted by Gasteiger charge is -2.28. The van der Waals surface area contributed by atoms with Gasteiger partial charge in [0, 0.05) is 16.0 Å². The Kier molecular flexibility index (Phi) is 7.50. The first-order valence-corrected chi connectivity index (χ1v) is 13.0. The average molecular weight is 490 g/mol. The Balaban J connectivity index is 1.75. The van der Waals surface area contributed by atoms with Gasteiger partial charge in [0.2, 0.25) is 5.16 Å². The molecule has 0 atom stereocenters. The zero-order valence-electron chi connectivity index (χ0n) is 21.3. The number of nitrogens with one attached hydrogen (secondary N) is 2. The van der Waals surface area contributed by atoms with Crippen LogP contribution in [-0.2, 0) is 20.3 Å². The molecule has 0 unspecified atom stereocenters. The van der Waals surface area contributed by atoms with Gasteiger partial charge in [-0.25, -0.2) is 0 Å². The van der Waals surface area contributed by atoms with Crippen LogP contribution in [0.1, 0.15) is 52.7 Å². The topological polar surface area (TPSA) is 86.2 Å². The number of morpholine rings is 2. The average Bonchev–Trinajstić information content (AvgIpc) is 2.79. The number of phenolic OH excluding ortho intramolecular Hbond substituents is 1. The fourth-order valence-electron chi connectivity index (χ4n) is 4.32. The molecule has 0 spiro atoms. The third-order valence-corrected chi connectivity index (χ3v) is 7.19. The molecule has 8 nitrogen and oxygen atoms in total. The van der Waals surface area contributed by atoms with E-state index in [1.54, 1.807) is 11.8 Å². The van der Waals surface area contributed by atoms with Crippen molar-refractivity contribution in [1.82, 2.24) is 15.0 Å². The zero-order chi connectivity index (χ0) is 24.5. The van der Waals surface area contributed by atoms with Crippen molar-refractivity contribution in [1.29, 1.82) is 0 Å². The molecule has 2 aliphatic heterocycles. The van der Waals surface area contributed by atoms with E-state index in [9.17, 15) is 5.11 Å². The highest BCUT2D eigenvalue weighted by atomic mass is 32.2. The summed E-state index contributed by atoms with van der Waals surface area (Å²) < 4.78 is 11.1. The first-order valence-electron chi connectivity index (χ1n) is 12.2. The van der Waals surface area contributed by atoms with Gasteiger partial charge in [-0.1, -0.05) is 41.5 Å². The van der Waals surface area contributed by atoms with Crippen molar-refractivity contribution in [3.8, 4) is 5.75 Å². The number of hydrogen-bond donors (Lipinski definition) is 3. The van der Waals surface area contributed by atoms with E-state index in [0.29, 0.717) is 37.3 Å². The molecule has 2 aliphatic rings. The summed E-state index contributed by atoms with van der Waals surface area (Å²) in [7, 11) is 0. The maximum Gasteiger partial charge on any atom is 0.336 e. The van der Waals surface area contributed by atoms with Crippen molar-refractivity contribution in [2.75, 3.05) is 52.6 Å². The molecule has 4 rings (SSSR count). The number of hydrogen-bond acceptors (Lipinski definition) is 7. The van der Waals surface area contributed by atoms with Crippen molar-refractivity contribution in [3.05, 3.63) is 23.3 Å². The van der Waals surface area contributed by atoms with Crippen LogP contribution in [0.4, 0.5) is 11.9 Å². The van der Waals surface area contributed by atoms with Gasteiger partial charge < -0.3 is 14.6 Å². The molecule has 1 aromatic heterocycles. The second kappa shape index (κ2) is 10.1. The molecular weight excluding hydrogens is 450 g/mol. The SMILES string of the molecule is CC(C)(C)c1cc(Sc2nc([NH+]3CCOCC3)nc([NH+]3CCOCC3)n2)cc(C(C)(C)C)c1O. The van der Waals surface area contributed by atoms with E-state index in [2.05, 4.69) is 53.7 Å². The number of quaternary nitrogens is 2. The molecule has 2 aromatic rings. The van der Waals surface area contributed by atoms with E-state index in [1.165, 1.54) is 9.80 Å². The minimum Gasteiger partial charge on any atom is -0.507 e. The highest BCUT2D eigenvalue weighted by molar-refractivity contribution is 7.99. The summed E-state index contributed by atoms with van der Waals surface area (Å²) >= 11 is 1.55. The summed E-state index contributed by atoms with van der Waals surface area (Å²) in [5, 5.41) is 11.8. The van der Waals surface area contributed by atoms with Gasteiger partial charge in [-0.2, -0.15) is 9.97 Å². The van der Waals surface area contributed by atoms with E-state index in [1.807, 2.05) is 0 Å². The smallest absolute Gasteiger partial charge is 0.336 e. The van der Waals surface area contributed by atoms with E-state index < -0.39 is 0 Å². The molecule has 9 heteroatoms. The number of ether oxygens (including phenoxy) is 2. The lowest BCUT2D eigenvalue weighted by Crippen LogP contribution is -3.11. The zero-order valence-corrected chi connectivity index (χ0v) is 22.1. The van der Waals surface area contributed by atoms with Crippen molar-refractivity contribution in [3.63, 3.8) is 0 Å². The Labute approximate surface area is 207 Å². The minimum atomic E-state index is -0.189. The monoisotopic (exact) mass is 489 g/mol. The highest BCUT2D eigenvalue weighted by Gasteiger charge is 2.29. The first-order chi connectivity index (χ1) is 16.0. The number of phenols is 1. The van der Waals surface area contributed by atoms with Gasteiger partial charge in [0.25, 0.3) is 0 Å². The molecule has 0 radical (unpaired) electrons.